The second kappa shape index (κ2) is 7.05. The summed E-state index contributed by atoms with van der Waals surface area (Å²) in [4.78, 5) is 25.0. The Morgan fingerprint density at radius 2 is 2.19 bits per heavy atom. The zero-order valence-electron chi connectivity index (χ0n) is 13.5. The van der Waals surface area contributed by atoms with Crippen LogP contribution in [0.4, 0.5) is 10.9 Å². The van der Waals surface area contributed by atoms with Crippen molar-refractivity contribution in [3.63, 3.8) is 0 Å². The summed E-state index contributed by atoms with van der Waals surface area (Å²) in [6.45, 7) is 0.388. The van der Waals surface area contributed by atoms with Gasteiger partial charge in [0.25, 0.3) is 0 Å². The van der Waals surface area contributed by atoms with E-state index in [1.165, 1.54) is 13.3 Å². The molecule has 1 fully saturated rings. The summed E-state index contributed by atoms with van der Waals surface area (Å²) in [5.41, 5.74) is -1.38. The van der Waals surface area contributed by atoms with Crippen LogP contribution in [0.25, 0.3) is 0 Å². The van der Waals surface area contributed by atoms with Crippen LogP contribution in [-0.4, -0.2) is 58.1 Å². The zero-order chi connectivity index (χ0) is 19.1. The molecular weight excluding hydrogens is 438 g/mol. The highest BCUT2D eigenvalue weighted by atomic mass is 79.9. The van der Waals surface area contributed by atoms with Gasteiger partial charge in [0.2, 0.25) is 17.7 Å². The molecule has 1 aliphatic heterocycles. The third-order valence-corrected chi connectivity index (χ3v) is 6.06. The van der Waals surface area contributed by atoms with Gasteiger partial charge in [0, 0.05) is 6.54 Å². The van der Waals surface area contributed by atoms with Gasteiger partial charge in [-0.15, -0.1) is 5.11 Å². The molecule has 0 aromatic carbocycles. The maximum absolute atomic E-state index is 12.4. The lowest BCUT2D eigenvalue weighted by atomic mass is 9.32. The van der Waals surface area contributed by atoms with E-state index < -0.39 is 10.5 Å². The highest BCUT2D eigenvalue weighted by molar-refractivity contribution is 9.10. The highest BCUT2D eigenvalue weighted by Gasteiger charge is 2.53. The summed E-state index contributed by atoms with van der Waals surface area (Å²) >= 11 is 10.6. The fourth-order valence-electron chi connectivity index (χ4n) is 2.65. The van der Waals surface area contributed by atoms with Crippen molar-refractivity contribution in [1.29, 1.82) is 0 Å². The van der Waals surface area contributed by atoms with Crippen molar-refractivity contribution >= 4 is 79.3 Å². The molecule has 3 heterocycles. The Morgan fingerprint density at radius 3 is 2.77 bits per heavy atom. The van der Waals surface area contributed by atoms with Gasteiger partial charge in [0.15, 0.2) is 5.15 Å². The SMILES string of the molecule is [B]C([B])([B])C1(c2nc(Cl)c(Nc3ncc(Br)c(OC)n3)s2)CCNC1=O. The zero-order valence-corrected chi connectivity index (χ0v) is 16.7. The van der Waals surface area contributed by atoms with Gasteiger partial charge in [-0.2, -0.15) is 4.98 Å². The quantitative estimate of drug-likeness (QED) is 0.674. The van der Waals surface area contributed by atoms with Crippen LogP contribution in [-0.2, 0) is 10.2 Å². The van der Waals surface area contributed by atoms with Crippen LogP contribution in [0, 0.1) is 0 Å². The van der Waals surface area contributed by atoms with Gasteiger partial charge < -0.3 is 15.4 Å². The maximum Gasteiger partial charge on any atom is 0.232 e. The molecule has 0 spiro atoms. The fourth-order valence-corrected chi connectivity index (χ4v) is 4.45. The number of nitrogens with zero attached hydrogens (tertiary/aromatic N) is 3. The highest BCUT2D eigenvalue weighted by Crippen LogP contribution is 2.49. The second-order valence-corrected chi connectivity index (χ2v) is 7.87. The first-order chi connectivity index (χ1) is 12.2. The van der Waals surface area contributed by atoms with E-state index in [1.54, 1.807) is 0 Å². The number of amides is 1. The van der Waals surface area contributed by atoms with Crippen LogP contribution in [0.3, 0.4) is 0 Å². The lowest BCUT2D eigenvalue weighted by Gasteiger charge is -2.39. The molecule has 1 aliphatic rings. The van der Waals surface area contributed by atoms with Gasteiger partial charge >= 0.3 is 0 Å². The van der Waals surface area contributed by atoms with Gasteiger partial charge in [0.05, 0.1) is 46.7 Å². The Hall–Kier alpha value is -1.26. The molecule has 2 aromatic rings. The molecule has 1 unspecified atom stereocenters. The summed E-state index contributed by atoms with van der Waals surface area (Å²) in [7, 11) is 19.2. The summed E-state index contributed by atoms with van der Waals surface area (Å²) in [6.07, 6.45) is 1.84. The molecule has 2 aromatic heterocycles. The minimum absolute atomic E-state index is 0.124. The monoisotopic (exact) mass is 447 g/mol. The lowest BCUT2D eigenvalue weighted by molar-refractivity contribution is -0.123. The number of ether oxygens (including phenoxy) is 1. The predicted molar refractivity (Wildman–Crippen MR) is 106 cm³/mol. The molecule has 128 valence electrons. The van der Waals surface area contributed by atoms with Gasteiger partial charge in [-0.25, -0.2) is 9.97 Å². The molecule has 13 heteroatoms. The van der Waals surface area contributed by atoms with E-state index in [2.05, 4.69) is 41.5 Å². The predicted octanol–water partition coefficient (Wildman–Crippen LogP) is 1.44. The average molecular weight is 448 g/mol. The van der Waals surface area contributed by atoms with Crippen LogP contribution in [0.2, 0.25) is 10.3 Å². The number of nitrogens with one attached hydrogen (secondary N) is 2. The van der Waals surface area contributed by atoms with E-state index in [0.717, 1.165) is 11.3 Å². The van der Waals surface area contributed by atoms with E-state index in [0.29, 0.717) is 33.3 Å². The molecular formula is C13H10B3BrClN5O2S. The van der Waals surface area contributed by atoms with Crippen molar-refractivity contribution in [2.45, 2.75) is 16.9 Å². The molecule has 1 saturated heterocycles. The number of carbonyl (C=O) groups is 1. The first kappa shape index (κ1) is 19.5. The minimum atomic E-state index is -1.80. The number of hydrogen-bond donors (Lipinski definition) is 2. The van der Waals surface area contributed by atoms with Crippen molar-refractivity contribution in [2.75, 3.05) is 19.0 Å². The topological polar surface area (TPSA) is 89.0 Å². The lowest BCUT2D eigenvalue weighted by Crippen LogP contribution is -2.47. The Bertz CT molecular complexity index is 865. The van der Waals surface area contributed by atoms with Crippen molar-refractivity contribution in [3.8, 4) is 5.88 Å². The fraction of sp³-hybridized carbons (Fsp3) is 0.385. The third-order valence-electron chi connectivity index (χ3n) is 3.99. The van der Waals surface area contributed by atoms with E-state index >= 15 is 0 Å². The molecule has 6 radical (unpaired) electrons. The normalized spacial score (nSPS) is 20.0. The number of carbonyl (C=O) groups excluding carboxylic acids is 1. The van der Waals surface area contributed by atoms with Crippen molar-refractivity contribution in [2.24, 2.45) is 0 Å². The van der Waals surface area contributed by atoms with Crippen LogP contribution >= 0.6 is 38.9 Å². The Kier molecular flexibility index (Phi) is 5.29. The number of methoxy groups -OCH3 is 1. The van der Waals surface area contributed by atoms with Crippen molar-refractivity contribution < 1.29 is 9.53 Å². The first-order valence-corrected chi connectivity index (χ1v) is 9.33. The van der Waals surface area contributed by atoms with Gasteiger partial charge in [0.1, 0.15) is 10.0 Å². The van der Waals surface area contributed by atoms with Gasteiger partial charge in [-0.3, -0.25) is 4.79 Å². The van der Waals surface area contributed by atoms with E-state index in [-0.39, 0.29) is 17.0 Å². The maximum atomic E-state index is 12.4. The molecule has 0 bridgehead atoms. The van der Waals surface area contributed by atoms with Crippen LogP contribution < -0.4 is 15.4 Å². The largest absolute Gasteiger partial charge is 0.480 e. The molecule has 3 rings (SSSR count). The number of halogens is 2. The number of rotatable bonds is 5. The number of thiazole rings is 1. The van der Waals surface area contributed by atoms with Gasteiger partial charge in [-0.1, -0.05) is 22.9 Å². The number of aromatic nitrogens is 3. The molecule has 7 nitrogen and oxygen atoms in total. The molecule has 0 saturated carbocycles. The molecule has 0 aliphatic carbocycles. The summed E-state index contributed by atoms with van der Waals surface area (Å²) in [5, 5.41) is 4.70. The Morgan fingerprint density at radius 1 is 1.46 bits per heavy atom. The third kappa shape index (κ3) is 3.23. The van der Waals surface area contributed by atoms with Crippen molar-refractivity contribution in [3.05, 3.63) is 20.8 Å². The first-order valence-electron chi connectivity index (χ1n) is 7.34. The van der Waals surface area contributed by atoms with E-state index in [1.807, 2.05) is 0 Å². The summed E-state index contributed by atoms with van der Waals surface area (Å²) in [6, 6.07) is 0. The molecule has 1 atom stereocenters. The minimum Gasteiger partial charge on any atom is -0.480 e. The van der Waals surface area contributed by atoms with Crippen molar-refractivity contribution in [1.82, 2.24) is 20.3 Å². The molecule has 1 amide bonds. The van der Waals surface area contributed by atoms with Crippen LogP contribution in [0.15, 0.2) is 10.7 Å². The Labute approximate surface area is 171 Å². The standard InChI is InChI=1S/C13H10B3BrClN5O2S/c1-25-7-5(17)4-20-11(22-7)23-8-6(18)21-10(26-8)12(13(14,15)16)2-3-19-9(12)24/h4H,2-3H2,1H3,(H,19,24)(H,20,22,23). The average Bonchev–Trinajstić information content (AvgIpc) is 3.12. The second-order valence-electron chi connectivity index (χ2n) is 5.66. The van der Waals surface area contributed by atoms with E-state index in [9.17, 15) is 4.79 Å². The Balaban J connectivity index is 1.98. The molecule has 26 heavy (non-hydrogen) atoms. The summed E-state index contributed by atoms with van der Waals surface area (Å²) < 4.78 is 5.73. The van der Waals surface area contributed by atoms with Crippen LogP contribution in [0.5, 0.6) is 5.88 Å². The van der Waals surface area contributed by atoms with E-state index in [4.69, 9.17) is 39.9 Å². The van der Waals surface area contributed by atoms with Crippen LogP contribution in [0.1, 0.15) is 11.4 Å². The smallest absolute Gasteiger partial charge is 0.232 e. The molecule has 2 N–H and O–H groups in total. The number of hydrogen-bond acceptors (Lipinski definition) is 7. The summed E-state index contributed by atoms with van der Waals surface area (Å²) in [5.74, 6) is 0.204. The number of anilines is 2. The van der Waals surface area contributed by atoms with Gasteiger partial charge in [-0.05, 0) is 22.4 Å².